The molecule has 0 unspecified atom stereocenters. The molecule has 2 aromatic carbocycles. The van der Waals surface area contributed by atoms with Crippen molar-refractivity contribution < 1.29 is 9.53 Å². The number of halogens is 1. The Morgan fingerprint density at radius 3 is 2.78 bits per heavy atom. The molecule has 0 amide bonds. The van der Waals surface area contributed by atoms with Gasteiger partial charge in [0.25, 0.3) is 0 Å². The monoisotopic (exact) mass is 376 g/mol. The van der Waals surface area contributed by atoms with Gasteiger partial charge in [-0.1, -0.05) is 54.1 Å². The highest BCUT2D eigenvalue weighted by Gasteiger charge is 2.14. The number of ether oxygens (including phenoxy) is 1. The van der Waals surface area contributed by atoms with E-state index >= 15 is 0 Å². The third-order valence-electron chi connectivity index (χ3n) is 4.57. The van der Waals surface area contributed by atoms with Gasteiger partial charge in [0.05, 0.1) is 28.2 Å². The minimum Gasteiger partial charge on any atom is -0.459 e. The molecule has 0 atom stereocenters. The summed E-state index contributed by atoms with van der Waals surface area (Å²) in [6.07, 6.45) is 1.87. The zero-order valence-corrected chi connectivity index (χ0v) is 15.5. The molecule has 27 heavy (non-hydrogen) atoms. The second kappa shape index (κ2) is 7.33. The topological polar surface area (TPSA) is 52.1 Å². The van der Waals surface area contributed by atoms with Gasteiger partial charge in [-0.3, -0.25) is 9.78 Å². The first kappa shape index (κ1) is 17.4. The van der Waals surface area contributed by atoms with Crippen molar-refractivity contribution in [3.63, 3.8) is 0 Å². The number of rotatable bonds is 4. The van der Waals surface area contributed by atoms with E-state index in [-0.39, 0.29) is 19.0 Å². The predicted octanol–water partition coefficient (Wildman–Crippen LogP) is 5.03. The Labute approximate surface area is 161 Å². The Morgan fingerprint density at radius 1 is 1.07 bits per heavy atom. The largest absolute Gasteiger partial charge is 0.459 e. The van der Waals surface area contributed by atoms with Gasteiger partial charge >= 0.3 is 5.97 Å². The van der Waals surface area contributed by atoms with Gasteiger partial charge in [0, 0.05) is 17.0 Å². The first-order chi connectivity index (χ1) is 13.1. The van der Waals surface area contributed by atoms with Crippen LogP contribution in [0.3, 0.4) is 0 Å². The molecule has 4 aromatic rings. The minimum absolute atomic E-state index is 0.0432. The Balaban J connectivity index is 1.53. The van der Waals surface area contributed by atoms with E-state index in [0.29, 0.717) is 10.7 Å². The highest BCUT2D eigenvalue weighted by atomic mass is 35.5. The molecule has 0 saturated carbocycles. The third-order valence-corrected chi connectivity index (χ3v) is 5.07. The van der Waals surface area contributed by atoms with Gasteiger partial charge in [0.15, 0.2) is 0 Å². The summed E-state index contributed by atoms with van der Waals surface area (Å²) in [5.74, 6) is -0.336. The normalized spacial score (nSPS) is 11.0. The standard InChI is InChI=1S/C22H17ClN2O2/c1-14-17-9-2-3-10-18(17)25-19(21(14)23)13-27-20(26)12-16-7-4-6-15-8-5-11-24-22(15)16/h2-11H,12-13H2,1H3. The zero-order chi connectivity index (χ0) is 18.8. The Bertz CT molecular complexity index is 1150. The van der Waals surface area contributed by atoms with E-state index in [4.69, 9.17) is 16.3 Å². The zero-order valence-electron chi connectivity index (χ0n) is 14.8. The predicted molar refractivity (Wildman–Crippen MR) is 107 cm³/mol. The highest BCUT2D eigenvalue weighted by molar-refractivity contribution is 6.32. The van der Waals surface area contributed by atoms with E-state index in [2.05, 4.69) is 9.97 Å². The summed E-state index contributed by atoms with van der Waals surface area (Å²) < 4.78 is 5.45. The number of para-hydroxylation sites is 2. The number of carbonyl (C=O) groups excluding carboxylic acids is 1. The Kier molecular flexibility index (Phi) is 4.73. The van der Waals surface area contributed by atoms with Crippen LogP contribution in [0.15, 0.2) is 60.8 Å². The maximum atomic E-state index is 12.4. The highest BCUT2D eigenvalue weighted by Crippen LogP contribution is 2.27. The third kappa shape index (κ3) is 3.49. The van der Waals surface area contributed by atoms with Gasteiger partial charge in [-0.25, -0.2) is 4.98 Å². The maximum Gasteiger partial charge on any atom is 0.310 e. The van der Waals surface area contributed by atoms with E-state index in [1.807, 2.05) is 61.5 Å². The van der Waals surface area contributed by atoms with Crippen LogP contribution in [-0.4, -0.2) is 15.9 Å². The second-order valence-corrected chi connectivity index (χ2v) is 6.72. The van der Waals surface area contributed by atoms with E-state index in [1.165, 1.54) is 0 Å². The molecule has 4 rings (SSSR count). The van der Waals surface area contributed by atoms with Crippen molar-refractivity contribution in [2.45, 2.75) is 20.0 Å². The summed E-state index contributed by atoms with van der Waals surface area (Å²) in [5, 5.41) is 2.53. The molecule has 0 spiro atoms. The maximum absolute atomic E-state index is 12.4. The lowest BCUT2D eigenvalue weighted by atomic mass is 10.1. The number of esters is 1. The van der Waals surface area contributed by atoms with Gasteiger partial charge < -0.3 is 4.74 Å². The number of nitrogens with zero attached hydrogens (tertiary/aromatic N) is 2. The van der Waals surface area contributed by atoms with E-state index < -0.39 is 0 Å². The molecule has 5 heteroatoms. The van der Waals surface area contributed by atoms with E-state index in [0.717, 1.165) is 32.9 Å². The average molecular weight is 377 g/mol. The molecule has 2 aromatic heterocycles. The number of pyridine rings is 2. The fourth-order valence-electron chi connectivity index (χ4n) is 3.18. The Morgan fingerprint density at radius 2 is 1.89 bits per heavy atom. The van der Waals surface area contributed by atoms with Crippen LogP contribution in [0.2, 0.25) is 5.02 Å². The van der Waals surface area contributed by atoms with Crippen molar-refractivity contribution in [1.82, 2.24) is 9.97 Å². The summed E-state index contributed by atoms with van der Waals surface area (Å²) in [4.78, 5) is 21.3. The number of aryl methyl sites for hydroxylation is 1. The number of fused-ring (bicyclic) bond motifs is 2. The lowest BCUT2D eigenvalue weighted by molar-refractivity contribution is -0.144. The molecule has 0 bridgehead atoms. The van der Waals surface area contributed by atoms with Crippen LogP contribution < -0.4 is 0 Å². The van der Waals surface area contributed by atoms with Crippen molar-refractivity contribution in [1.29, 1.82) is 0 Å². The molecule has 0 aliphatic carbocycles. The fourth-order valence-corrected chi connectivity index (χ4v) is 3.38. The molecule has 4 nitrogen and oxygen atoms in total. The molecule has 0 saturated heterocycles. The summed E-state index contributed by atoms with van der Waals surface area (Å²) in [5.41, 5.74) is 3.99. The van der Waals surface area contributed by atoms with Crippen LogP contribution in [0.4, 0.5) is 0 Å². The number of hydrogen-bond acceptors (Lipinski definition) is 4. The molecular formula is C22H17ClN2O2. The van der Waals surface area contributed by atoms with Crippen molar-refractivity contribution >= 4 is 39.4 Å². The second-order valence-electron chi connectivity index (χ2n) is 6.34. The number of aromatic nitrogens is 2. The van der Waals surface area contributed by atoms with Crippen molar-refractivity contribution in [3.8, 4) is 0 Å². The summed E-state index contributed by atoms with van der Waals surface area (Å²) in [7, 11) is 0. The lowest BCUT2D eigenvalue weighted by Gasteiger charge is -2.11. The van der Waals surface area contributed by atoms with Gasteiger partial charge in [-0.05, 0) is 30.2 Å². The van der Waals surface area contributed by atoms with Gasteiger partial charge in [0.2, 0.25) is 0 Å². The van der Waals surface area contributed by atoms with Crippen molar-refractivity contribution in [2.24, 2.45) is 0 Å². The van der Waals surface area contributed by atoms with E-state index in [9.17, 15) is 4.79 Å². The van der Waals surface area contributed by atoms with Crippen LogP contribution in [0, 0.1) is 6.92 Å². The number of hydrogen-bond donors (Lipinski definition) is 0. The molecule has 0 aliphatic rings. The minimum atomic E-state index is -0.336. The first-order valence-corrected chi connectivity index (χ1v) is 9.03. The quantitative estimate of drug-likeness (QED) is 0.469. The molecule has 0 aliphatic heterocycles. The fraction of sp³-hybridized carbons (Fsp3) is 0.136. The molecule has 0 radical (unpaired) electrons. The van der Waals surface area contributed by atoms with Gasteiger partial charge in [-0.2, -0.15) is 0 Å². The van der Waals surface area contributed by atoms with Crippen LogP contribution in [-0.2, 0) is 22.6 Å². The first-order valence-electron chi connectivity index (χ1n) is 8.65. The summed E-state index contributed by atoms with van der Waals surface area (Å²) in [6.45, 7) is 1.99. The average Bonchev–Trinajstić information content (AvgIpc) is 2.70. The summed E-state index contributed by atoms with van der Waals surface area (Å²) in [6, 6.07) is 17.4. The SMILES string of the molecule is Cc1c(Cl)c(COC(=O)Cc2cccc3cccnc23)nc2ccccc12. The molecule has 2 heterocycles. The molecule has 0 N–H and O–H groups in total. The lowest BCUT2D eigenvalue weighted by Crippen LogP contribution is -2.10. The van der Waals surface area contributed by atoms with Gasteiger partial charge in [-0.15, -0.1) is 0 Å². The Hall–Kier alpha value is -2.98. The van der Waals surface area contributed by atoms with Crippen LogP contribution in [0.5, 0.6) is 0 Å². The van der Waals surface area contributed by atoms with E-state index in [1.54, 1.807) is 6.20 Å². The molecular weight excluding hydrogens is 360 g/mol. The van der Waals surface area contributed by atoms with Crippen LogP contribution in [0.25, 0.3) is 21.8 Å². The van der Waals surface area contributed by atoms with Gasteiger partial charge in [0.1, 0.15) is 6.61 Å². The molecule has 134 valence electrons. The van der Waals surface area contributed by atoms with Crippen molar-refractivity contribution in [3.05, 3.63) is 82.6 Å². The number of benzene rings is 2. The van der Waals surface area contributed by atoms with Crippen molar-refractivity contribution in [2.75, 3.05) is 0 Å². The number of carbonyl (C=O) groups is 1. The summed E-state index contributed by atoms with van der Waals surface area (Å²) >= 11 is 6.43. The van der Waals surface area contributed by atoms with Crippen LogP contribution in [0.1, 0.15) is 16.8 Å². The van der Waals surface area contributed by atoms with Crippen LogP contribution >= 0.6 is 11.6 Å². The molecule has 0 fully saturated rings. The smallest absolute Gasteiger partial charge is 0.310 e.